The van der Waals surface area contributed by atoms with E-state index in [9.17, 15) is 8.42 Å². The first-order chi connectivity index (χ1) is 10.5. The van der Waals surface area contributed by atoms with E-state index < -0.39 is 10.1 Å². The van der Waals surface area contributed by atoms with Gasteiger partial charge >= 0.3 is 10.1 Å². The lowest BCUT2D eigenvalue weighted by Gasteiger charge is -2.10. The van der Waals surface area contributed by atoms with Crippen LogP contribution in [0.2, 0.25) is 0 Å². The molecule has 0 unspecified atom stereocenters. The fourth-order valence-corrected chi connectivity index (χ4v) is 2.82. The molecule has 0 amide bonds. The van der Waals surface area contributed by atoms with E-state index in [1.54, 1.807) is 0 Å². The number of hydrogen-bond acceptors (Lipinski definition) is 3. The third-order valence-electron chi connectivity index (χ3n) is 3.58. The largest absolute Gasteiger partial charge is 0.379 e. The van der Waals surface area contributed by atoms with Crippen LogP contribution in [0.5, 0.6) is 5.75 Å². The summed E-state index contributed by atoms with van der Waals surface area (Å²) in [6, 6.07) is 5.85. The highest BCUT2D eigenvalue weighted by atomic mass is 32.2. The fourth-order valence-electron chi connectivity index (χ4n) is 2.39. The van der Waals surface area contributed by atoms with Gasteiger partial charge in [0.25, 0.3) is 0 Å². The second-order valence-electron chi connectivity index (χ2n) is 5.64. The van der Waals surface area contributed by atoms with Gasteiger partial charge in [0.15, 0.2) is 0 Å². The first kappa shape index (κ1) is 18.8. The highest BCUT2D eigenvalue weighted by Gasteiger charge is 2.09. The summed E-state index contributed by atoms with van der Waals surface area (Å²) in [6.07, 6.45) is 8.85. The number of aryl methyl sites for hydroxylation is 2. The Morgan fingerprint density at radius 1 is 0.955 bits per heavy atom. The molecule has 0 aliphatic rings. The van der Waals surface area contributed by atoms with Crippen LogP contribution in [0.25, 0.3) is 0 Å². The molecule has 0 aromatic heterocycles. The molecule has 0 bridgehead atoms. The van der Waals surface area contributed by atoms with Crippen LogP contribution < -0.4 is 4.18 Å². The number of benzene rings is 1. The molecule has 3 nitrogen and oxygen atoms in total. The zero-order valence-electron chi connectivity index (χ0n) is 13.8. The van der Waals surface area contributed by atoms with E-state index in [0.717, 1.165) is 42.2 Å². The van der Waals surface area contributed by atoms with E-state index in [-0.39, 0.29) is 0 Å². The van der Waals surface area contributed by atoms with Gasteiger partial charge in [-0.25, -0.2) is 0 Å². The molecule has 0 saturated carbocycles. The molecule has 0 aliphatic carbocycles. The minimum absolute atomic E-state index is 0.403. The molecule has 1 aromatic carbocycles. The lowest BCUT2D eigenvalue weighted by Crippen LogP contribution is -2.05. The summed E-state index contributed by atoms with van der Waals surface area (Å²) >= 11 is 0. The molecule has 0 N–H and O–H groups in total. The van der Waals surface area contributed by atoms with Crippen molar-refractivity contribution in [2.24, 2.45) is 0 Å². The van der Waals surface area contributed by atoms with Gasteiger partial charge < -0.3 is 4.18 Å². The fraction of sp³-hybridized carbons (Fsp3) is 0.556. The smallest absolute Gasteiger partial charge is 0.331 e. The average Bonchev–Trinajstić information content (AvgIpc) is 2.47. The van der Waals surface area contributed by atoms with Crippen molar-refractivity contribution >= 4 is 10.1 Å². The maximum atomic E-state index is 11.6. The summed E-state index contributed by atoms with van der Waals surface area (Å²) < 4.78 is 28.2. The highest BCUT2D eigenvalue weighted by Crippen LogP contribution is 2.22. The predicted octanol–water partition coefficient (Wildman–Crippen LogP) is 5.00. The van der Waals surface area contributed by atoms with E-state index >= 15 is 0 Å². The second-order valence-corrected chi connectivity index (χ2v) is 7.13. The van der Waals surface area contributed by atoms with Crippen molar-refractivity contribution in [2.45, 2.75) is 65.2 Å². The molecule has 1 rings (SSSR count). The maximum Gasteiger partial charge on any atom is 0.331 e. The third-order valence-corrected chi connectivity index (χ3v) is 4.41. The van der Waals surface area contributed by atoms with Gasteiger partial charge in [0, 0.05) is 0 Å². The van der Waals surface area contributed by atoms with Crippen LogP contribution in [-0.4, -0.2) is 8.42 Å². The molecular weight excluding hydrogens is 296 g/mol. The van der Waals surface area contributed by atoms with Crippen molar-refractivity contribution in [1.29, 1.82) is 0 Å². The molecule has 0 aliphatic heterocycles. The standard InChI is InChI=1S/C18H28O3S/c1-4-7-9-11-16-13-17(12-10-8-5-2)15-18(14-16)21-22(19,20)6-3/h6,13-15H,3-5,7-12H2,1-2H3. The quantitative estimate of drug-likeness (QED) is 0.425. The lowest BCUT2D eigenvalue weighted by atomic mass is 10.0. The zero-order valence-corrected chi connectivity index (χ0v) is 14.6. The lowest BCUT2D eigenvalue weighted by molar-refractivity contribution is 0.496. The Hall–Kier alpha value is -1.29. The molecule has 0 heterocycles. The molecule has 4 heteroatoms. The van der Waals surface area contributed by atoms with Gasteiger partial charge in [0.2, 0.25) is 0 Å². The molecule has 0 atom stereocenters. The van der Waals surface area contributed by atoms with Crippen LogP contribution in [0.1, 0.15) is 63.5 Å². The highest BCUT2D eigenvalue weighted by molar-refractivity contribution is 7.90. The van der Waals surface area contributed by atoms with Crippen molar-refractivity contribution in [3.63, 3.8) is 0 Å². The zero-order chi connectivity index (χ0) is 16.4. The molecular formula is C18H28O3S. The topological polar surface area (TPSA) is 43.4 Å². The summed E-state index contributed by atoms with van der Waals surface area (Å²) in [5.41, 5.74) is 2.30. The van der Waals surface area contributed by atoms with Crippen LogP contribution >= 0.6 is 0 Å². The summed E-state index contributed by atoms with van der Waals surface area (Å²) in [6.45, 7) is 7.63. The normalized spacial score (nSPS) is 11.4. The second kappa shape index (κ2) is 9.67. The van der Waals surface area contributed by atoms with E-state index in [2.05, 4.69) is 26.5 Å². The number of hydrogen-bond donors (Lipinski definition) is 0. The molecule has 0 radical (unpaired) electrons. The summed E-state index contributed by atoms with van der Waals surface area (Å²) in [4.78, 5) is 0. The van der Waals surface area contributed by atoms with Gasteiger partial charge in [-0.1, -0.05) is 52.2 Å². The Bertz CT molecular complexity index is 533. The van der Waals surface area contributed by atoms with Crippen molar-refractivity contribution < 1.29 is 12.6 Å². The molecule has 0 saturated heterocycles. The van der Waals surface area contributed by atoms with Crippen LogP contribution in [0.3, 0.4) is 0 Å². The van der Waals surface area contributed by atoms with Gasteiger partial charge in [0.05, 0.1) is 5.41 Å². The van der Waals surface area contributed by atoms with Gasteiger partial charge in [-0.15, -0.1) is 0 Å². The Kier molecular flexibility index (Phi) is 8.25. The predicted molar refractivity (Wildman–Crippen MR) is 92.6 cm³/mol. The van der Waals surface area contributed by atoms with Crippen molar-refractivity contribution in [1.82, 2.24) is 0 Å². The summed E-state index contributed by atoms with van der Waals surface area (Å²) in [7, 11) is -3.69. The Balaban J connectivity index is 2.90. The molecule has 0 spiro atoms. The van der Waals surface area contributed by atoms with Crippen LogP contribution in [-0.2, 0) is 23.0 Å². The number of unbranched alkanes of at least 4 members (excludes halogenated alkanes) is 4. The van der Waals surface area contributed by atoms with E-state index in [1.807, 2.05) is 12.1 Å². The molecule has 124 valence electrons. The average molecular weight is 324 g/mol. The van der Waals surface area contributed by atoms with Gasteiger partial charge in [-0.2, -0.15) is 8.42 Å². The Morgan fingerprint density at radius 2 is 1.45 bits per heavy atom. The summed E-state index contributed by atoms with van der Waals surface area (Å²) in [5.74, 6) is 0.403. The number of rotatable bonds is 11. The third kappa shape index (κ3) is 7.12. The van der Waals surface area contributed by atoms with Gasteiger partial charge in [-0.3, -0.25) is 0 Å². The first-order valence-corrected chi connectivity index (χ1v) is 9.67. The van der Waals surface area contributed by atoms with Crippen molar-refractivity contribution in [3.05, 3.63) is 41.3 Å². The van der Waals surface area contributed by atoms with Crippen molar-refractivity contribution in [2.75, 3.05) is 0 Å². The van der Waals surface area contributed by atoms with Gasteiger partial charge in [0.1, 0.15) is 5.75 Å². The van der Waals surface area contributed by atoms with Gasteiger partial charge in [-0.05, 0) is 48.9 Å². The molecule has 0 fully saturated rings. The van der Waals surface area contributed by atoms with Crippen LogP contribution in [0, 0.1) is 0 Å². The SMILES string of the molecule is C=CS(=O)(=O)Oc1cc(CCCCC)cc(CCCCC)c1. The minimum Gasteiger partial charge on any atom is -0.379 e. The molecule has 1 aromatic rings. The van der Waals surface area contributed by atoms with E-state index in [4.69, 9.17) is 4.18 Å². The Morgan fingerprint density at radius 3 is 1.86 bits per heavy atom. The van der Waals surface area contributed by atoms with Crippen molar-refractivity contribution in [3.8, 4) is 5.75 Å². The Labute approximate surface area is 135 Å². The monoisotopic (exact) mass is 324 g/mol. The first-order valence-electron chi connectivity index (χ1n) is 8.20. The van der Waals surface area contributed by atoms with Crippen LogP contribution in [0.4, 0.5) is 0 Å². The maximum absolute atomic E-state index is 11.6. The van der Waals surface area contributed by atoms with Crippen LogP contribution in [0.15, 0.2) is 30.2 Å². The van der Waals surface area contributed by atoms with E-state index in [0.29, 0.717) is 5.75 Å². The minimum atomic E-state index is -3.69. The van der Waals surface area contributed by atoms with E-state index in [1.165, 1.54) is 25.7 Å². The summed E-state index contributed by atoms with van der Waals surface area (Å²) in [5, 5.41) is 0.841. The molecule has 22 heavy (non-hydrogen) atoms.